The van der Waals surface area contributed by atoms with E-state index in [1.54, 1.807) is 6.07 Å². The zero-order valence-corrected chi connectivity index (χ0v) is 11.0. The molecule has 0 spiro atoms. The number of hydrogen-bond donors (Lipinski definition) is 1. The van der Waals surface area contributed by atoms with Crippen LogP contribution in [0.3, 0.4) is 0 Å². The fourth-order valence-corrected chi connectivity index (χ4v) is 1.82. The summed E-state index contributed by atoms with van der Waals surface area (Å²) < 4.78 is 42.1. The highest BCUT2D eigenvalue weighted by molar-refractivity contribution is 5.96. The molecule has 0 fully saturated rings. The molecule has 1 aromatic heterocycles. The molecule has 2 N–H and O–H groups in total. The lowest BCUT2D eigenvalue weighted by Crippen LogP contribution is -2.17. The zero-order valence-electron chi connectivity index (χ0n) is 11.0. The van der Waals surface area contributed by atoms with Gasteiger partial charge in [-0.1, -0.05) is 6.07 Å². The van der Waals surface area contributed by atoms with Crippen LogP contribution in [-0.4, -0.2) is 29.0 Å². The molecule has 0 aliphatic heterocycles. The maximum atomic E-state index is 12.3. The van der Waals surface area contributed by atoms with Gasteiger partial charge in [-0.25, -0.2) is 4.79 Å². The number of aromatic nitrogens is 2. The summed E-state index contributed by atoms with van der Waals surface area (Å²) in [6.07, 6.45) is -1.77. The summed E-state index contributed by atoms with van der Waals surface area (Å²) >= 11 is 0. The molecule has 0 aliphatic carbocycles. The van der Waals surface area contributed by atoms with Gasteiger partial charge in [-0.15, -0.1) is 0 Å². The van der Waals surface area contributed by atoms with Gasteiger partial charge in [-0.3, -0.25) is 4.68 Å². The average molecular weight is 299 g/mol. The highest BCUT2D eigenvalue weighted by Crippen LogP contribution is 2.25. The Morgan fingerprint density at radius 1 is 1.38 bits per heavy atom. The van der Waals surface area contributed by atoms with Crippen LogP contribution in [0, 0.1) is 0 Å². The van der Waals surface area contributed by atoms with Crippen molar-refractivity contribution in [2.75, 3.05) is 12.8 Å². The molecular formula is C13H12F3N3O2. The van der Waals surface area contributed by atoms with E-state index < -0.39 is 18.7 Å². The molecule has 0 atom stereocenters. The molecule has 2 aromatic rings. The van der Waals surface area contributed by atoms with E-state index in [9.17, 15) is 18.0 Å². The lowest BCUT2D eigenvalue weighted by molar-refractivity contribution is -0.142. The minimum atomic E-state index is -4.34. The predicted molar refractivity (Wildman–Crippen MR) is 69.5 cm³/mol. The Labute approximate surface area is 118 Å². The third-order valence-corrected chi connectivity index (χ3v) is 2.76. The van der Waals surface area contributed by atoms with Crippen molar-refractivity contribution in [2.24, 2.45) is 0 Å². The van der Waals surface area contributed by atoms with Gasteiger partial charge >= 0.3 is 12.1 Å². The van der Waals surface area contributed by atoms with Crippen molar-refractivity contribution in [2.45, 2.75) is 12.7 Å². The number of methoxy groups -OCH3 is 1. The number of ether oxygens (including phenoxy) is 1. The van der Waals surface area contributed by atoms with Gasteiger partial charge < -0.3 is 10.5 Å². The second-order valence-electron chi connectivity index (χ2n) is 4.34. The molecule has 1 aromatic carbocycles. The van der Waals surface area contributed by atoms with Gasteiger partial charge in [0.2, 0.25) is 0 Å². The smallest absolute Gasteiger partial charge is 0.408 e. The summed E-state index contributed by atoms with van der Waals surface area (Å²) in [5, 5.41) is 3.65. The molecule has 2 rings (SSSR count). The number of carbonyl (C=O) groups excluding carboxylic acids is 1. The number of benzene rings is 1. The highest BCUT2D eigenvalue weighted by atomic mass is 19.4. The number of esters is 1. The normalized spacial score (nSPS) is 11.4. The highest BCUT2D eigenvalue weighted by Gasteiger charge is 2.28. The number of nitrogens with zero attached hydrogens (tertiary/aromatic N) is 2. The number of carbonyl (C=O) groups is 1. The van der Waals surface area contributed by atoms with Crippen LogP contribution >= 0.6 is 0 Å². The number of halogens is 3. The molecule has 0 bridgehead atoms. The largest absolute Gasteiger partial charge is 0.465 e. The Morgan fingerprint density at radius 3 is 2.67 bits per heavy atom. The van der Waals surface area contributed by atoms with Gasteiger partial charge in [0.25, 0.3) is 0 Å². The fraction of sp³-hybridized carbons (Fsp3) is 0.231. The molecule has 0 aliphatic rings. The summed E-state index contributed by atoms with van der Waals surface area (Å²) in [6, 6.07) is 4.51. The van der Waals surface area contributed by atoms with E-state index in [-0.39, 0.29) is 11.3 Å². The van der Waals surface area contributed by atoms with Crippen LogP contribution in [-0.2, 0) is 11.3 Å². The molecule has 112 valence electrons. The molecule has 0 saturated carbocycles. The molecule has 21 heavy (non-hydrogen) atoms. The summed E-state index contributed by atoms with van der Waals surface area (Å²) in [7, 11) is 1.23. The first-order valence-electron chi connectivity index (χ1n) is 5.87. The first-order valence-corrected chi connectivity index (χ1v) is 5.87. The van der Waals surface area contributed by atoms with Gasteiger partial charge in [0.05, 0.1) is 18.9 Å². The summed E-state index contributed by atoms with van der Waals surface area (Å²) in [5.74, 6) is -0.577. The van der Waals surface area contributed by atoms with Crippen molar-refractivity contribution >= 4 is 11.7 Å². The summed E-state index contributed by atoms with van der Waals surface area (Å²) in [6.45, 7) is -1.16. The van der Waals surface area contributed by atoms with Crippen molar-refractivity contribution in [1.82, 2.24) is 9.78 Å². The van der Waals surface area contributed by atoms with Gasteiger partial charge in [-0.05, 0) is 17.7 Å². The Kier molecular flexibility index (Phi) is 3.88. The van der Waals surface area contributed by atoms with Crippen LogP contribution in [0.25, 0.3) is 11.1 Å². The van der Waals surface area contributed by atoms with E-state index in [0.717, 1.165) is 4.68 Å². The monoisotopic (exact) mass is 299 g/mol. The maximum Gasteiger partial charge on any atom is 0.408 e. The summed E-state index contributed by atoms with van der Waals surface area (Å²) in [5.41, 5.74) is 7.15. The second kappa shape index (κ2) is 5.47. The van der Waals surface area contributed by atoms with Crippen molar-refractivity contribution in [3.8, 4) is 11.1 Å². The first-order chi connectivity index (χ1) is 9.80. The first kappa shape index (κ1) is 14.9. The van der Waals surface area contributed by atoms with Crippen LogP contribution < -0.4 is 5.73 Å². The number of rotatable bonds is 3. The van der Waals surface area contributed by atoms with Crippen LogP contribution in [0.4, 0.5) is 18.9 Å². The Bertz CT molecular complexity index is 665. The number of hydrogen-bond acceptors (Lipinski definition) is 4. The van der Waals surface area contributed by atoms with Crippen molar-refractivity contribution in [3.05, 3.63) is 36.2 Å². The van der Waals surface area contributed by atoms with Gasteiger partial charge in [-0.2, -0.15) is 18.3 Å². The molecular weight excluding hydrogens is 287 g/mol. The van der Waals surface area contributed by atoms with E-state index in [4.69, 9.17) is 5.73 Å². The van der Waals surface area contributed by atoms with E-state index in [2.05, 4.69) is 9.84 Å². The molecule has 0 saturated heterocycles. The average Bonchev–Trinajstić information content (AvgIpc) is 2.84. The third kappa shape index (κ3) is 3.53. The minimum absolute atomic E-state index is 0.183. The Hall–Kier alpha value is -2.51. The van der Waals surface area contributed by atoms with Crippen molar-refractivity contribution in [1.29, 1.82) is 0 Å². The quantitative estimate of drug-likeness (QED) is 0.698. The van der Waals surface area contributed by atoms with Gasteiger partial charge in [0.1, 0.15) is 6.54 Å². The molecule has 0 radical (unpaired) electrons. The Balaban J connectivity index is 2.27. The SMILES string of the molecule is COC(=O)c1ccc(-c2cnn(CC(F)(F)F)c2)cc1N. The standard InChI is InChI=1S/C13H12F3N3O2/c1-21-12(20)10-3-2-8(4-11(10)17)9-5-18-19(6-9)7-13(14,15)16/h2-6H,7,17H2,1H3. The number of nitrogens with two attached hydrogens (primary N) is 1. The van der Waals surface area contributed by atoms with Crippen LogP contribution in [0.2, 0.25) is 0 Å². The predicted octanol–water partition coefficient (Wildman–Crippen LogP) is 2.48. The maximum absolute atomic E-state index is 12.3. The van der Waals surface area contributed by atoms with E-state index in [1.165, 1.54) is 31.6 Å². The topological polar surface area (TPSA) is 70.1 Å². The molecule has 1 heterocycles. The van der Waals surface area contributed by atoms with Gasteiger partial charge in [0, 0.05) is 17.4 Å². The van der Waals surface area contributed by atoms with Crippen molar-refractivity contribution < 1.29 is 22.7 Å². The van der Waals surface area contributed by atoms with E-state index in [1.807, 2.05) is 0 Å². The van der Waals surface area contributed by atoms with Crippen LogP contribution in [0.5, 0.6) is 0 Å². The number of alkyl halides is 3. The fourth-order valence-electron chi connectivity index (χ4n) is 1.82. The minimum Gasteiger partial charge on any atom is -0.465 e. The summed E-state index contributed by atoms with van der Waals surface area (Å²) in [4.78, 5) is 11.4. The number of nitrogen functional groups attached to an aromatic ring is 1. The van der Waals surface area contributed by atoms with Crippen LogP contribution in [0.1, 0.15) is 10.4 Å². The molecule has 8 heteroatoms. The molecule has 0 amide bonds. The Morgan fingerprint density at radius 2 is 2.10 bits per heavy atom. The molecule has 0 unspecified atom stereocenters. The lowest BCUT2D eigenvalue weighted by atomic mass is 10.1. The number of anilines is 1. The molecule has 5 nitrogen and oxygen atoms in total. The third-order valence-electron chi connectivity index (χ3n) is 2.76. The van der Waals surface area contributed by atoms with Crippen LogP contribution in [0.15, 0.2) is 30.6 Å². The van der Waals surface area contributed by atoms with Crippen molar-refractivity contribution in [3.63, 3.8) is 0 Å². The zero-order chi connectivity index (χ0) is 15.6. The van der Waals surface area contributed by atoms with Gasteiger partial charge in [0.15, 0.2) is 0 Å². The van der Waals surface area contributed by atoms with E-state index >= 15 is 0 Å². The second-order valence-corrected chi connectivity index (χ2v) is 4.34. The van der Waals surface area contributed by atoms with E-state index in [0.29, 0.717) is 11.1 Å². The lowest BCUT2D eigenvalue weighted by Gasteiger charge is -2.06.